The van der Waals surface area contributed by atoms with E-state index in [0.717, 1.165) is 24.9 Å². The van der Waals surface area contributed by atoms with E-state index in [9.17, 15) is 4.79 Å². The molecule has 0 radical (unpaired) electrons. The predicted molar refractivity (Wildman–Crippen MR) is 72.4 cm³/mol. The van der Waals surface area contributed by atoms with E-state index in [2.05, 4.69) is 12.2 Å². The molecular weight excluding hydrogens is 234 g/mol. The van der Waals surface area contributed by atoms with Crippen LogP contribution in [0.2, 0.25) is 5.02 Å². The maximum Gasteiger partial charge on any atom is 0.230 e. The third-order valence-corrected chi connectivity index (χ3v) is 3.16. The number of carbonyl (C=O) groups is 1. The second kappa shape index (κ2) is 6.06. The van der Waals surface area contributed by atoms with Crippen LogP contribution in [0, 0.1) is 0 Å². The number of benzene rings is 1. The van der Waals surface area contributed by atoms with Crippen LogP contribution in [-0.4, -0.2) is 12.5 Å². The van der Waals surface area contributed by atoms with Gasteiger partial charge in [0, 0.05) is 11.6 Å². The third-order valence-electron chi connectivity index (χ3n) is 2.93. The number of hydrogen-bond donors (Lipinski definition) is 1. The highest BCUT2D eigenvalue weighted by molar-refractivity contribution is 6.30. The molecule has 0 saturated heterocycles. The zero-order valence-corrected chi connectivity index (χ0v) is 11.5. The molecule has 1 rings (SSSR count). The molecule has 0 atom stereocenters. The van der Waals surface area contributed by atoms with Crippen LogP contribution in [0.1, 0.15) is 39.2 Å². The summed E-state index contributed by atoms with van der Waals surface area (Å²) < 4.78 is 0. The van der Waals surface area contributed by atoms with Gasteiger partial charge in [-0.3, -0.25) is 4.79 Å². The molecule has 0 aliphatic rings. The number of nitrogens with one attached hydrogen (secondary N) is 1. The van der Waals surface area contributed by atoms with E-state index in [4.69, 9.17) is 11.6 Å². The molecule has 0 bridgehead atoms. The van der Waals surface area contributed by atoms with Crippen molar-refractivity contribution in [2.45, 2.75) is 39.0 Å². The quantitative estimate of drug-likeness (QED) is 0.799. The topological polar surface area (TPSA) is 29.1 Å². The molecule has 0 saturated carbocycles. The minimum atomic E-state index is -0.543. The fourth-order valence-corrected chi connectivity index (χ4v) is 1.80. The highest BCUT2D eigenvalue weighted by Crippen LogP contribution is 2.25. The SMILES string of the molecule is CCCCNC(=O)C(C)(C)c1cccc(Cl)c1. The van der Waals surface area contributed by atoms with Crippen LogP contribution in [0.15, 0.2) is 24.3 Å². The van der Waals surface area contributed by atoms with Gasteiger partial charge < -0.3 is 5.32 Å². The average molecular weight is 254 g/mol. The van der Waals surface area contributed by atoms with Crippen molar-refractivity contribution in [2.24, 2.45) is 0 Å². The summed E-state index contributed by atoms with van der Waals surface area (Å²) in [6, 6.07) is 7.47. The third kappa shape index (κ3) is 3.74. The largest absolute Gasteiger partial charge is 0.355 e. The van der Waals surface area contributed by atoms with E-state index in [1.54, 1.807) is 0 Å². The number of halogens is 1. The summed E-state index contributed by atoms with van der Waals surface area (Å²) >= 11 is 5.95. The molecule has 0 fully saturated rings. The number of unbranched alkanes of at least 4 members (excludes halogenated alkanes) is 1. The molecule has 0 aliphatic heterocycles. The zero-order chi connectivity index (χ0) is 12.9. The molecule has 1 N–H and O–H groups in total. The van der Waals surface area contributed by atoms with E-state index in [0.29, 0.717) is 5.02 Å². The van der Waals surface area contributed by atoms with E-state index >= 15 is 0 Å². The van der Waals surface area contributed by atoms with Crippen LogP contribution < -0.4 is 5.32 Å². The van der Waals surface area contributed by atoms with Crippen LogP contribution in [0.25, 0.3) is 0 Å². The van der Waals surface area contributed by atoms with Crippen LogP contribution in [0.3, 0.4) is 0 Å². The van der Waals surface area contributed by atoms with E-state index < -0.39 is 5.41 Å². The number of carbonyl (C=O) groups excluding carboxylic acids is 1. The van der Waals surface area contributed by atoms with Gasteiger partial charge in [-0.25, -0.2) is 0 Å². The normalized spacial score (nSPS) is 11.3. The van der Waals surface area contributed by atoms with Crippen molar-refractivity contribution in [1.29, 1.82) is 0 Å². The highest BCUT2D eigenvalue weighted by Gasteiger charge is 2.29. The lowest BCUT2D eigenvalue weighted by Gasteiger charge is -2.24. The summed E-state index contributed by atoms with van der Waals surface area (Å²) in [6.07, 6.45) is 2.09. The van der Waals surface area contributed by atoms with Crippen molar-refractivity contribution in [1.82, 2.24) is 5.32 Å². The van der Waals surface area contributed by atoms with E-state index in [1.165, 1.54) is 0 Å². The Kier molecular flexibility index (Phi) is 5.01. The van der Waals surface area contributed by atoms with Gasteiger partial charge in [0.15, 0.2) is 0 Å². The van der Waals surface area contributed by atoms with Crippen molar-refractivity contribution in [3.63, 3.8) is 0 Å². The van der Waals surface area contributed by atoms with E-state index in [-0.39, 0.29) is 5.91 Å². The van der Waals surface area contributed by atoms with Gasteiger partial charge in [-0.05, 0) is 38.0 Å². The van der Waals surface area contributed by atoms with E-state index in [1.807, 2.05) is 38.1 Å². The average Bonchev–Trinajstić information content (AvgIpc) is 2.29. The number of hydrogen-bond acceptors (Lipinski definition) is 1. The summed E-state index contributed by atoms with van der Waals surface area (Å²) in [7, 11) is 0. The summed E-state index contributed by atoms with van der Waals surface area (Å²) in [5, 5.41) is 3.62. The summed E-state index contributed by atoms with van der Waals surface area (Å²) in [4.78, 5) is 12.1. The van der Waals surface area contributed by atoms with Gasteiger partial charge >= 0.3 is 0 Å². The molecule has 0 heterocycles. The van der Waals surface area contributed by atoms with Gasteiger partial charge in [-0.1, -0.05) is 37.1 Å². The predicted octanol–water partition coefficient (Wildman–Crippen LogP) is 3.53. The molecule has 2 nitrogen and oxygen atoms in total. The molecule has 94 valence electrons. The van der Waals surface area contributed by atoms with Gasteiger partial charge in [0.1, 0.15) is 0 Å². The number of rotatable bonds is 5. The van der Waals surface area contributed by atoms with Gasteiger partial charge in [-0.15, -0.1) is 0 Å². The molecule has 17 heavy (non-hydrogen) atoms. The van der Waals surface area contributed by atoms with Gasteiger partial charge in [0.05, 0.1) is 5.41 Å². The number of amides is 1. The first-order valence-electron chi connectivity index (χ1n) is 6.03. The summed E-state index contributed by atoms with van der Waals surface area (Å²) in [6.45, 7) is 6.67. The Bertz CT molecular complexity index is 388. The van der Waals surface area contributed by atoms with Gasteiger partial charge in [0.25, 0.3) is 0 Å². The van der Waals surface area contributed by atoms with Crippen LogP contribution in [-0.2, 0) is 10.2 Å². The van der Waals surface area contributed by atoms with Crippen LogP contribution in [0.5, 0.6) is 0 Å². The van der Waals surface area contributed by atoms with Gasteiger partial charge in [-0.2, -0.15) is 0 Å². The minimum Gasteiger partial charge on any atom is -0.355 e. The molecule has 3 heteroatoms. The molecule has 0 spiro atoms. The molecule has 1 aromatic rings. The second-order valence-corrected chi connectivity index (χ2v) is 5.18. The Hall–Kier alpha value is -1.02. The Morgan fingerprint density at radius 2 is 2.12 bits per heavy atom. The maximum absolute atomic E-state index is 12.1. The summed E-state index contributed by atoms with van der Waals surface area (Å²) in [5.74, 6) is 0.0493. The first kappa shape index (κ1) is 14.0. The van der Waals surface area contributed by atoms with Crippen molar-refractivity contribution < 1.29 is 4.79 Å². The highest BCUT2D eigenvalue weighted by atomic mass is 35.5. The standard InChI is InChI=1S/C14H20ClNO/c1-4-5-9-16-13(17)14(2,3)11-7-6-8-12(15)10-11/h6-8,10H,4-5,9H2,1-3H3,(H,16,17). The maximum atomic E-state index is 12.1. The van der Waals surface area contributed by atoms with Crippen molar-refractivity contribution in [3.8, 4) is 0 Å². The van der Waals surface area contributed by atoms with Crippen molar-refractivity contribution in [3.05, 3.63) is 34.9 Å². The monoisotopic (exact) mass is 253 g/mol. The molecular formula is C14H20ClNO. The molecule has 1 amide bonds. The lowest BCUT2D eigenvalue weighted by molar-refractivity contribution is -0.125. The fourth-order valence-electron chi connectivity index (χ4n) is 1.61. The molecule has 0 unspecified atom stereocenters. The van der Waals surface area contributed by atoms with Crippen LogP contribution in [0.4, 0.5) is 0 Å². The van der Waals surface area contributed by atoms with Crippen LogP contribution >= 0.6 is 11.6 Å². The Balaban J connectivity index is 2.76. The molecule has 0 aromatic heterocycles. The van der Waals surface area contributed by atoms with Gasteiger partial charge in [0.2, 0.25) is 5.91 Å². The lowest BCUT2D eigenvalue weighted by Crippen LogP contribution is -2.40. The first-order valence-corrected chi connectivity index (χ1v) is 6.40. The molecule has 0 aliphatic carbocycles. The fraction of sp³-hybridized carbons (Fsp3) is 0.500. The van der Waals surface area contributed by atoms with Crippen molar-refractivity contribution in [2.75, 3.05) is 6.54 Å². The lowest BCUT2D eigenvalue weighted by atomic mass is 9.83. The Morgan fingerprint density at radius 3 is 2.71 bits per heavy atom. The van der Waals surface area contributed by atoms with Crippen molar-refractivity contribution >= 4 is 17.5 Å². The molecule has 1 aromatic carbocycles. The Labute approximate surface area is 108 Å². The first-order chi connectivity index (χ1) is 7.98. The smallest absolute Gasteiger partial charge is 0.230 e. The minimum absolute atomic E-state index is 0.0493. The second-order valence-electron chi connectivity index (χ2n) is 4.74. The Morgan fingerprint density at radius 1 is 1.41 bits per heavy atom. The zero-order valence-electron chi connectivity index (χ0n) is 10.7. The summed E-state index contributed by atoms with van der Waals surface area (Å²) in [5.41, 5.74) is 0.401.